The number of hydrogen-bond acceptors (Lipinski definition) is 2. The topological polar surface area (TPSA) is 36.1 Å². The highest BCUT2D eigenvalue weighted by Crippen LogP contribution is 2.30. The molecule has 0 amide bonds. The van der Waals surface area contributed by atoms with Gasteiger partial charge in [0.2, 0.25) is 0 Å². The number of rotatable bonds is 5. The van der Waals surface area contributed by atoms with Gasteiger partial charge in [-0.15, -0.1) is 0 Å². The fourth-order valence-corrected chi connectivity index (χ4v) is 4.01. The first-order valence-electron chi connectivity index (χ1n) is 9.64. The van der Waals surface area contributed by atoms with Gasteiger partial charge in [-0.25, -0.2) is 4.39 Å². The number of ketones is 1. The van der Waals surface area contributed by atoms with Crippen LogP contribution in [0.3, 0.4) is 0 Å². The Labute approximate surface area is 159 Å². The molecule has 1 saturated heterocycles. The normalized spacial score (nSPS) is 17.9. The average molecular weight is 364 g/mol. The van der Waals surface area contributed by atoms with Crippen LogP contribution in [-0.2, 0) is 6.42 Å². The van der Waals surface area contributed by atoms with Gasteiger partial charge in [-0.2, -0.15) is 0 Å². The predicted octanol–water partition coefficient (Wildman–Crippen LogP) is 4.93. The Hall–Kier alpha value is -2.46. The van der Waals surface area contributed by atoms with Gasteiger partial charge in [0.25, 0.3) is 0 Å². The number of H-pyrrole nitrogens is 1. The zero-order valence-corrected chi connectivity index (χ0v) is 15.8. The minimum atomic E-state index is -0.311. The lowest BCUT2D eigenvalue weighted by molar-refractivity contribution is 0.0989. The van der Waals surface area contributed by atoms with Crippen LogP contribution in [0.5, 0.6) is 0 Å². The summed E-state index contributed by atoms with van der Waals surface area (Å²) in [5.41, 5.74) is 3.59. The van der Waals surface area contributed by atoms with Crippen molar-refractivity contribution >= 4 is 16.7 Å². The molecular weight excluding hydrogens is 339 g/mol. The Balaban J connectivity index is 1.53. The molecular formula is C23H25FN2O. The molecule has 140 valence electrons. The molecule has 2 aromatic carbocycles. The molecule has 0 bridgehead atoms. The van der Waals surface area contributed by atoms with Gasteiger partial charge in [-0.05, 0) is 74.2 Å². The third kappa shape index (κ3) is 3.81. The van der Waals surface area contributed by atoms with Crippen LogP contribution in [0.25, 0.3) is 10.9 Å². The summed E-state index contributed by atoms with van der Waals surface area (Å²) < 4.78 is 13.3. The van der Waals surface area contributed by atoms with Crippen molar-refractivity contribution in [2.45, 2.75) is 38.6 Å². The lowest BCUT2D eigenvalue weighted by Gasteiger charge is -2.20. The van der Waals surface area contributed by atoms with Crippen LogP contribution in [0.15, 0.2) is 48.5 Å². The smallest absolute Gasteiger partial charge is 0.183 e. The number of fused-ring (bicyclic) bond motifs is 1. The fraction of sp³-hybridized carbons (Fsp3) is 0.348. The molecule has 4 heteroatoms. The van der Waals surface area contributed by atoms with Crippen LogP contribution >= 0.6 is 0 Å². The summed E-state index contributed by atoms with van der Waals surface area (Å²) in [5, 5.41) is 1.07. The number of aromatic nitrogens is 1. The predicted molar refractivity (Wildman–Crippen MR) is 107 cm³/mol. The maximum atomic E-state index is 13.3. The van der Waals surface area contributed by atoms with Crippen molar-refractivity contribution in [1.29, 1.82) is 0 Å². The number of nitrogens with zero attached hydrogens (tertiary/aromatic N) is 1. The van der Waals surface area contributed by atoms with E-state index in [2.05, 4.69) is 41.9 Å². The Morgan fingerprint density at radius 1 is 1.22 bits per heavy atom. The van der Waals surface area contributed by atoms with Crippen molar-refractivity contribution in [3.63, 3.8) is 0 Å². The van der Waals surface area contributed by atoms with E-state index in [-0.39, 0.29) is 18.0 Å². The minimum Gasteiger partial charge on any atom is -0.352 e. The first kappa shape index (κ1) is 17.9. The van der Waals surface area contributed by atoms with Gasteiger partial charge >= 0.3 is 0 Å². The van der Waals surface area contributed by atoms with Crippen LogP contribution in [0.1, 0.15) is 47.8 Å². The SMILES string of the molecule is CC(C)N1CCC(c2ccc3[nH]c(C(=O)Cc4cccc(F)c4)cc3c2)C1. The second kappa shape index (κ2) is 7.28. The zero-order valence-electron chi connectivity index (χ0n) is 15.8. The van der Waals surface area contributed by atoms with Crippen LogP contribution in [0.4, 0.5) is 4.39 Å². The van der Waals surface area contributed by atoms with E-state index < -0.39 is 0 Å². The molecule has 1 N–H and O–H groups in total. The quantitative estimate of drug-likeness (QED) is 0.652. The summed E-state index contributed by atoms with van der Waals surface area (Å²) in [6.45, 7) is 6.73. The standard InChI is InChI=1S/C23H25FN2O/c1-15(2)26-9-8-18(14-26)17-6-7-21-19(12-17)13-22(25-21)23(27)11-16-4-3-5-20(24)10-16/h3-7,10,12-13,15,18,25H,8-9,11,14H2,1-2H3. The third-order valence-corrected chi connectivity index (χ3v) is 5.62. The van der Waals surface area contributed by atoms with Crippen LogP contribution in [0.2, 0.25) is 0 Å². The number of aromatic amines is 1. The van der Waals surface area contributed by atoms with Gasteiger partial charge < -0.3 is 9.88 Å². The van der Waals surface area contributed by atoms with Crippen molar-refractivity contribution < 1.29 is 9.18 Å². The van der Waals surface area contributed by atoms with E-state index in [4.69, 9.17) is 0 Å². The maximum absolute atomic E-state index is 13.3. The minimum absolute atomic E-state index is 0.0230. The molecule has 3 aromatic rings. The Morgan fingerprint density at radius 3 is 2.81 bits per heavy atom. The zero-order chi connectivity index (χ0) is 19.0. The lowest BCUT2D eigenvalue weighted by atomic mass is 9.97. The van der Waals surface area contributed by atoms with Crippen molar-refractivity contribution in [2.75, 3.05) is 13.1 Å². The summed E-state index contributed by atoms with van der Waals surface area (Å²) >= 11 is 0. The Bertz CT molecular complexity index is 975. The highest BCUT2D eigenvalue weighted by molar-refractivity contribution is 6.00. The molecule has 2 heterocycles. The number of halogens is 1. The van der Waals surface area contributed by atoms with E-state index in [1.165, 1.54) is 24.1 Å². The average Bonchev–Trinajstić information content (AvgIpc) is 3.28. The number of carbonyl (C=O) groups is 1. The number of carbonyl (C=O) groups excluding carboxylic acids is 1. The molecule has 1 aliphatic heterocycles. The number of nitrogens with one attached hydrogen (secondary N) is 1. The van der Waals surface area contributed by atoms with Crippen molar-refractivity contribution in [3.8, 4) is 0 Å². The van der Waals surface area contributed by atoms with E-state index >= 15 is 0 Å². The largest absolute Gasteiger partial charge is 0.352 e. The molecule has 3 nitrogen and oxygen atoms in total. The second-order valence-electron chi connectivity index (χ2n) is 7.83. The monoisotopic (exact) mass is 364 g/mol. The number of Topliss-reactive ketones (excluding diaryl/α,β-unsaturated/α-hetero) is 1. The fourth-order valence-electron chi connectivity index (χ4n) is 4.01. The summed E-state index contributed by atoms with van der Waals surface area (Å²) in [6, 6.07) is 15.2. The molecule has 0 radical (unpaired) electrons. The molecule has 4 rings (SSSR count). The van der Waals surface area contributed by atoms with Crippen molar-refractivity contribution in [3.05, 3.63) is 71.2 Å². The first-order valence-corrected chi connectivity index (χ1v) is 9.64. The van der Waals surface area contributed by atoms with E-state index in [1.54, 1.807) is 12.1 Å². The summed E-state index contributed by atoms with van der Waals surface area (Å²) in [7, 11) is 0. The van der Waals surface area contributed by atoms with E-state index in [9.17, 15) is 9.18 Å². The summed E-state index contributed by atoms with van der Waals surface area (Å²) in [5.74, 6) is 0.219. The molecule has 1 unspecified atom stereocenters. The van der Waals surface area contributed by atoms with Gasteiger partial charge in [0, 0.05) is 29.9 Å². The number of hydrogen-bond donors (Lipinski definition) is 1. The third-order valence-electron chi connectivity index (χ3n) is 5.62. The molecule has 0 saturated carbocycles. The molecule has 1 aromatic heterocycles. The molecule has 1 atom stereocenters. The van der Waals surface area contributed by atoms with Crippen LogP contribution < -0.4 is 0 Å². The number of likely N-dealkylation sites (tertiary alicyclic amines) is 1. The Morgan fingerprint density at radius 2 is 2.07 bits per heavy atom. The van der Waals surface area contributed by atoms with E-state index in [1.807, 2.05) is 6.07 Å². The first-order chi connectivity index (χ1) is 13.0. The van der Waals surface area contributed by atoms with Crippen LogP contribution in [-0.4, -0.2) is 34.8 Å². The van der Waals surface area contributed by atoms with Crippen molar-refractivity contribution in [1.82, 2.24) is 9.88 Å². The van der Waals surface area contributed by atoms with Gasteiger partial charge in [0.1, 0.15) is 5.82 Å². The van der Waals surface area contributed by atoms with Gasteiger partial charge in [0.05, 0.1) is 5.69 Å². The number of benzene rings is 2. The van der Waals surface area contributed by atoms with Gasteiger partial charge in [0.15, 0.2) is 5.78 Å². The van der Waals surface area contributed by atoms with E-state index in [0.717, 1.165) is 24.0 Å². The second-order valence-corrected chi connectivity index (χ2v) is 7.83. The van der Waals surface area contributed by atoms with Gasteiger partial charge in [-0.3, -0.25) is 4.79 Å². The highest BCUT2D eigenvalue weighted by atomic mass is 19.1. The highest BCUT2D eigenvalue weighted by Gasteiger charge is 2.25. The van der Waals surface area contributed by atoms with Crippen LogP contribution in [0, 0.1) is 5.82 Å². The lowest BCUT2D eigenvalue weighted by Crippen LogP contribution is -2.27. The maximum Gasteiger partial charge on any atom is 0.183 e. The molecule has 0 aliphatic carbocycles. The summed E-state index contributed by atoms with van der Waals surface area (Å²) in [4.78, 5) is 18.3. The summed E-state index contributed by atoms with van der Waals surface area (Å²) in [6.07, 6.45) is 1.38. The molecule has 0 spiro atoms. The van der Waals surface area contributed by atoms with Gasteiger partial charge in [-0.1, -0.05) is 18.2 Å². The molecule has 27 heavy (non-hydrogen) atoms. The van der Waals surface area contributed by atoms with E-state index in [0.29, 0.717) is 23.2 Å². The molecule has 1 aliphatic rings. The Kier molecular flexibility index (Phi) is 4.83. The molecule has 1 fully saturated rings. The van der Waals surface area contributed by atoms with Crippen molar-refractivity contribution in [2.24, 2.45) is 0 Å².